The molecule has 0 saturated carbocycles. The van der Waals surface area contributed by atoms with E-state index in [-0.39, 0.29) is 129 Å². The number of rotatable bonds is 44. The van der Waals surface area contributed by atoms with Crippen molar-refractivity contribution in [1.82, 2.24) is 21.3 Å². The molecule has 4 N–H and O–H groups in total. The van der Waals surface area contributed by atoms with E-state index in [9.17, 15) is 38.4 Å². The molecule has 20 heteroatoms. The first kappa shape index (κ1) is 53.2. The van der Waals surface area contributed by atoms with Crippen LogP contribution in [-0.4, -0.2) is 181 Å². The summed E-state index contributed by atoms with van der Waals surface area (Å²) in [5.74, 6) is -1.28. The highest BCUT2D eigenvalue weighted by atomic mass is 16.6. The Kier molecular flexibility index (Phi) is 37.8. The average molecular weight is 821 g/mol. The summed E-state index contributed by atoms with van der Waals surface area (Å²) in [5, 5.41) is 10.6. The number of hydrogen-bond acceptors (Lipinski definition) is 16. The van der Waals surface area contributed by atoms with Gasteiger partial charge in [-0.05, 0) is 25.7 Å². The van der Waals surface area contributed by atoms with E-state index in [1.807, 2.05) is 0 Å². The third-order valence-corrected chi connectivity index (χ3v) is 7.34. The Labute approximate surface area is 334 Å². The van der Waals surface area contributed by atoms with E-state index in [2.05, 4.69) is 21.3 Å². The van der Waals surface area contributed by atoms with Crippen LogP contribution in [0, 0.1) is 5.41 Å². The van der Waals surface area contributed by atoms with Crippen molar-refractivity contribution in [3.63, 3.8) is 0 Å². The number of carbonyl (C=O) groups is 8. The highest BCUT2D eigenvalue weighted by molar-refractivity contribution is 5.78. The minimum atomic E-state index is -0.905. The predicted molar refractivity (Wildman–Crippen MR) is 202 cm³/mol. The van der Waals surface area contributed by atoms with Crippen LogP contribution in [0.3, 0.4) is 0 Å². The maximum Gasteiger partial charge on any atom is 0.245 e. The first-order chi connectivity index (χ1) is 27.8. The van der Waals surface area contributed by atoms with E-state index in [1.165, 1.54) is 0 Å². The zero-order chi connectivity index (χ0) is 41.9. The quantitative estimate of drug-likeness (QED) is 0.0402. The van der Waals surface area contributed by atoms with Crippen molar-refractivity contribution >= 4 is 48.8 Å². The Morgan fingerprint density at radius 1 is 0.351 bits per heavy atom. The van der Waals surface area contributed by atoms with Crippen LogP contribution >= 0.6 is 0 Å². The van der Waals surface area contributed by atoms with Crippen LogP contribution in [0.4, 0.5) is 0 Å². The van der Waals surface area contributed by atoms with Crippen molar-refractivity contribution in [1.29, 1.82) is 0 Å². The van der Waals surface area contributed by atoms with Crippen LogP contribution in [-0.2, 0) is 76.3 Å². The third-order valence-electron chi connectivity index (χ3n) is 7.34. The van der Waals surface area contributed by atoms with Crippen LogP contribution in [0.1, 0.15) is 51.4 Å². The number of carbonyl (C=O) groups excluding carboxylic acids is 8. The number of hydrogen-bond donors (Lipinski definition) is 4. The summed E-state index contributed by atoms with van der Waals surface area (Å²) in [5.41, 5.74) is -0.905. The summed E-state index contributed by atoms with van der Waals surface area (Å²) in [4.78, 5) is 89.6. The van der Waals surface area contributed by atoms with E-state index in [0.717, 1.165) is 25.1 Å². The number of nitrogens with one attached hydrogen (secondary N) is 4. The van der Waals surface area contributed by atoms with E-state index < -0.39 is 5.41 Å². The zero-order valence-corrected chi connectivity index (χ0v) is 33.1. The monoisotopic (exact) mass is 820 g/mol. The summed E-state index contributed by atoms with van der Waals surface area (Å²) in [6.07, 6.45) is 6.68. The molecule has 0 aromatic heterocycles. The SMILES string of the molecule is O=CCCCNC(=O)COCCOCC(COCCOCC(=O)NCCCC=O)(COCCOCC(=O)NCCCC=O)COCCOCC(=O)NCCCC=O. The fraction of sp³-hybridized carbons (Fsp3) is 0.784. The molecule has 0 aliphatic rings. The van der Waals surface area contributed by atoms with E-state index in [0.29, 0.717) is 77.5 Å². The molecule has 0 unspecified atom stereocenters. The molecule has 0 aromatic carbocycles. The van der Waals surface area contributed by atoms with Crippen molar-refractivity contribution in [3.05, 3.63) is 0 Å². The Morgan fingerprint density at radius 2 is 0.561 bits per heavy atom. The van der Waals surface area contributed by atoms with Crippen molar-refractivity contribution in [2.75, 3.05) is 132 Å². The lowest BCUT2D eigenvalue weighted by Gasteiger charge is -2.33. The van der Waals surface area contributed by atoms with Crippen LogP contribution in [0.2, 0.25) is 0 Å². The summed E-state index contributed by atoms with van der Waals surface area (Å²) in [7, 11) is 0. The number of amides is 4. The maximum atomic E-state index is 12.0. The lowest BCUT2D eigenvalue weighted by atomic mass is 9.92. The van der Waals surface area contributed by atoms with Gasteiger partial charge in [-0.1, -0.05) is 0 Å². The molecule has 328 valence electrons. The molecule has 0 spiro atoms. The van der Waals surface area contributed by atoms with Gasteiger partial charge in [0, 0.05) is 51.9 Å². The molecule has 57 heavy (non-hydrogen) atoms. The Balaban J connectivity index is 5.25. The third kappa shape index (κ3) is 36.3. The topological polar surface area (TPSA) is 259 Å². The van der Waals surface area contributed by atoms with Crippen LogP contribution in [0.15, 0.2) is 0 Å². The van der Waals surface area contributed by atoms with Gasteiger partial charge in [0.1, 0.15) is 51.6 Å². The largest absolute Gasteiger partial charge is 0.378 e. The van der Waals surface area contributed by atoms with E-state index in [4.69, 9.17) is 37.9 Å². The molecule has 20 nitrogen and oxygen atoms in total. The molecule has 0 aliphatic carbocycles. The molecule has 0 atom stereocenters. The second-order valence-electron chi connectivity index (χ2n) is 12.6. The van der Waals surface area contributed by atoms with Crippen LogP contribution in [0.25, 0.3) is 0 Å². The molecular weight excluding hydrogens is 756 g/mol. The van der Waals surface area contributed by atoms with E-state index in [1.54, 1.807) is 0 Å². The lowest BCUT2D eigenvalue weighted by Crippen LogP contribution is -2.43. The lowest BCUT2D eigenvalue weighted by molar-refractivity contribution is -0.132. The molecule has 0 fully saturated rings. The van der Waals surface area contributed by atoms with Gasteiger partial charge in [-0.25, -0.2) is 0 Å². The minimum Gasteiger partial charge on any atom is -0.378 e. The smallest absolute Gasteiger partial charge is 0.245 e. The Bertz CT molecular complexity index is 919. The first-order valence-corrected chi connectivity index (χ1v) is 19.3. The highest BCUT2D eigenvalue weighted by Gasteiger charge is 2.32. The van der Waals surface area contributed by atoms with Gasteiger partial charge in [0.15, 0.2) is 0 Å². The fourth-order valence-corrected chi connectivity index (χ4v) is 4.39. The van der Waals surface area contributed by atoms with Gasteiger partial charge in [0.25, 0.3) is 0 Å². The first-order valence-electron chi connectivity index (χ1n) is 19.3. The molecule has 0 saturated heterocycles. The second kappa shape index (κ2) is 40.4. The highest BCUT2D eigenvalue weighted by Crippen LogP contribution is 2.21. The summed E-state index contributed by atoms with van der Waals surface area (Å²) < 4.78 is 45.4. The molecule has 0 aliphatic heterocycles. The summed E-state index contributed by atoms with van der Waals surface area (Å²) in [6.45, 7) is 1.80. The van der Waals surface area contributed by atoms with Gasteiger partial charge in [0.2, 0.25) is 23.6 Å². The van der Waals surface area contributed by atoms with Gasteiger partial charge in [-0.3, -0.25) is 19.2 Å². The Hall–Kier alpha value is -3.76. The number of unbranched alkanes of at least 4 members (excludes halogenated alkanes) is 4. The maximum absolute atomic E-state index is 12.0. The van der Waals surface area contributed by atoms with Gasteiger partial charge in [0.05, 0.1) is 84.7 Å². The van der Waals surface area contributed by atoms with Crippen molar-refractivity contribution < 1.29 is 76.3 Å². The van der Waals surface area contributed by atoms with Crippen LogP contribution in [0.5, 0.6) is 0 Å². The second-order valence-corrected chi connectivity index (χ2v) is 12.6. The van der Waals surface area contributed by atoms with Crippen molar-refractivity contribution in [3.8, 4) is 0 Å². The van der Waals surface area contributed by atoms with Gasteiger partial charge < -0.3 is 78.3 Å². The van der Waals surface area contributed by atoms with E-state index >= 15 is 0 Å². The molecule has 0 bridgehead atoms. The average Bonchev–Trinajstić information content (AvgIpc) is 3.20. The zero-order valence-electron chi connectivity index (χ0n) is 33.1. The molecule has 0 heterocycles. The van der Waals surface area contributed by atoms with Crippen molar-refractivity contribution in [2.24, 2.45) is 5.41 Å². The normalized spacial score (nSPS) is 11.1. The molecule has 0 aromatic rings. The molecule has 0 radical (unpaired) electrons. The Morgan fingerprint density at radius 3 is 0.772 bits per heavy atom. The summed E-state index contributed by atoms with van der Waals surface area (Å²) >= 11 is 0. The van der Waals surface area contributed by atoms with Crippen LogP contribution < -0.4 is 21.3 Å². The van der Waals surface area contributed by atoms with Gasteiger partial charge >= 0.3 is 0 Å². The molecular formula is C37H64N4O16. The summed E-state index contributed by atoms with van der Waals surface area (Å²) in [6, 6.07) is 0. The minimum absolute atomic E-state index is 0.0619. The number of ether oxygens (including phenoxy) is 8. The molecule has 4 amide bonds. The predicted octanol–water partition coefficient (Wildman–Crippen LogP) is -1.51. The number of aldehydes is 4. The standard InChI is InChI=1S/C37H64N4O16/c42-13-5-1-9-38-33(46)25-50-17-21-54-29-37(30-55-22-18-51-26-34(47)39-10-2-6-14-43,31-56-23-19-52-27-35(48)40-11-3-7-15-44)32-57-24-20-53-28-36(49)41-12-4-8-16-45/h13-16H,1-12,17-32H2,(H,38,46)(H,39,47)(H,40,48)(H,41,49). The fourth-order valence-electron chi connectivity index (χ4n) is 4.39. The van der Waals surface area contributed by atoms with Gasteiger partial charge in [-0.15, -0.1) is 0 Å². The van der Waals surface area contributed by atoms with Crippen molar-refractivity contribution in [2.45, 2.75) is 51.4 Å². The van der Waals surface area contributed by atoms with Gasteiger partial charge in [-0.2, -0.15) is 0 Å². The molecule has 0 rings (SSSR count).